The van der Waals surface area contributed by atoms with Crippen molar-refractivity contribution in [2.45, 2.75) is 45.3 Å². The van der Waals surface area contributed by atoms with Gasteiger partial charge in [0.1, 0.15) is 18.4 Å². The minimum atomic E-state index is -0.560. The van der Waals surface area contributed by atoms with E-state index in [9.17, 15) is 18.8 Å². The molecular weight excluding hydrogens is 411 g/mol. The molecule has 0 spiro atoms. The number of carbonyl (C=O) groups is 3. The molecule has 0 radical (unpaired) electrons. The van der Waals surface area contributed by atoms with E-state index in [1.165, 1.54) is 17.0 Å². The summed E-state index contributed by atoms with van der Waals surface area (Å²) in [6, 6.07) is 9.92. The molecule has 2 N–H and O–H groups in total. The van der Waals surface area contributed by atoms with Gasteiger partial charge in [-0.15, -0.1) is 0 Å². The van der Waals surface area contributed by atoms with E-state index in [4.69, 9.17) is 0 Å². The van der Waals surface area contributed by atoms with Crippen molar-refractivity contribution in [1.82, 2.24) is 15.1 Å². The molecule has 0 bridgehead atoms. The van der Waals surface area contributed by atoms with Crippen molar-refractivity contribution in [2.24, 2.45) is 0 Å². The van der Waals surface area contributed by atoms with Crippen LogP contribution in [-0.2, 0) is 16.1 Å². The van der Waals surface area contributed by atoms with Crippen molar-refractivity contribution in [3.05, 3.63) is 65.0 Å². The number of hydrogen-bond donors (Lipinski definition) is 2. The lowest BCUT2D eigenvalue weighted by Crippen LogP contribution is -2.70. The predicted octanol–water partition coefficient (Wildman–Crippen LogP) is 2.97. The average Bonchev–Trinajstić information content (AvgIpc) is 2.78. The third-order valence-corrected chi connectivity index (χ3v) is 6.28. The third kappa shape index (κ3) is 4.36. The Kier molecular flexibility index (Phi) is 6.23. The highest BCUT2D eigenvalue weighted by Crippen LogP contribution is 2.26. The normalized spacial score (nSPS) is 20.8. The van der Waals surface area contributed by atoms with Crippen LogP contribution in [0, 0.1) is 19.7 Å². The third-order valence-electron chi connectivity index (χ3n) is 6.28. The number of rotatable bonds is 5. The minimum Gasteiger partial charge on any atom is -0.324 e. The Labute approximate surface area is 186 Å². The number of nitrogens with zero attached hydrogens (tertiary/aromatic N) is 2. The Morgan fingerprint density at radius 3 is 2.66 bits per heavy atom. The zero-order valence-electron chi connectivity index (χ0n) is 18.2. The lowest BCUT2D eigenvalue weighted by Gasteiger charge is -2.46. The van der Waals surface area contributed by atoms with Crippen LogP contribution in [0.25, 0.3) is 0 Å². The number of benzene rings is 2. The largest absolute Gasteiger partial charge is 0.327 e. The highest BCUT2D eigenvalue weighted by molar-refractivity contribution is 6.03. The van der Waals surface area contributed by atoms with Gasteiger partial charge in [0.05, 0.1) is 12.6 Å². The first kappa shape index (κ1) is 22.0. The molecule has 2 aromatic rings. The standard InChI is InChI=1S/C24H27FN4O3/c1-15-5-3-6-19(16(15)2)27-21(30)14-28-20-7-4-12-26-22(20)23(31)29(24(28)32)13-17-8-10-18(25)11-9-17/h3,5-6,8-11,20,22,26H,4,7,12-14H2,1-2H3,(H,27,30). The Morgan fingerprint density at radius 1 is 1.16 bits per heavy atom. The molecule has 7 nitrogen and oxygen atoms in total. The van der Waals surface area contributed by atoms with Gasteiger partial charge in [-0.05, 0) is 68.1 Å². The summed E-state index contributed by atoms with van der Waals surface area (Å²) in [4.78, 5) is 41.9. The van der Waals surface area contributed by atoms with E-state index in [1.54, 1.807) is 12.1 Å². The number of piperidine rings is 1. The van der Waals surface area contributed by atoms with Crippen LogP contribution in [0.1, 0.15) is 29.5 Å². The minimum absolute atomic E-state index is 0.0257. The first-order valence-corrected chi connectivity index (χ1v) is 10.8. The Morgan fingerprint density at radius 2 is 1.91 bits per heavy atom. The highest BCUT2D eigenvalue weighted by Gasteiger charge is 2.47. The van der Waals surface area contributed by atoms with Crippen molar-refractivity contribution in [3.8, 4) is 0 Å². The second-order valence-electron chi connectivity index (χ2n) is 8.40. The smallest absolute Gasteiger partial charge is 0.324 e. The molecule has 2 aliphatic rings. The summed E-state index contributed by atoms with van der Waals surface area (Å²) in [7, 11) is 0. The maximum absolute atomic E-state index is 13.3. The molecule has 4 amide bonds. The Hall–Kier alpha value is -3.26. The van der Waals surface area contributed by atoms with Crippen LogP contribution in [-0.4, -0.2) is 52.8 Å². The number of imide groups is 1. The molecule has 4 rings (SSSR count). The Bertz CT molecular complexity index is 1040. The van der Waals surface area contributed by atoms with Crippen LogP contribution in [0.5, 0.6) is 0 Å². The number of halogens is 1. The van der Waals surface area contributed by atoms with E-state index < -0.39 is 12.1 Å². The van der Waals surface area contributed by atoms with Gasteiger partial charge in [0.15, 0.2) is 0 Å². The van der Waals surface area contributed by atoms with Gasteiger partial charge in [0, 0.05) is 5.69 Å². The van der Waals surface area contributed by atoms with Crippen LogP contribution in [0.4, 0.5) is 14.9 Å². The van der Waals surface area contributed by atoms with Gasteiger partial charge in [-0.25, -0.2) is 9.18 Å². The summed E-state index contributed by atoms with van der Waals surface area (Å²) in [5.41, 5.74) is 3.37. The van der Waals surface area contributed by atoms with Crippen molar-refractivity contribution < 1.29 is 18.8 Å². The van der Waals surface area contributed by atoms with Gasteiger partial charge < -0.3 is 15.5 Å². The number of aryl methyl sites for hydroxylation is 1. The zero-order valence-corrected chi connectivity index (χ0v) is 18.2. The van der Waals surface area contributed by atoms with Gasteiger partial charge >= 0.3 is 6.03 Å². The quantitative estimate of drug-likeness (QED) is 0.752. The molecule has 8 heteroatoms. The second kappa shape index (κ2) is 9.08. The summed E-state index contributed by atoms with van der Waals surface area (Å²) in [6.07, 6.45) is 1.46. The number of fused-ring (bicyclic) bond motifs is 1. The highest BCUT2D eigenvalue weighted by atomic mass is 19.1. The van der Waals surface area contributed by atoms with Gasteiger partial charge in [-0.2, -0.15) is 0 Å². The fraction of sp³-hybridized carbons (Fsp3) is 0.375. The first-order chi connectivity index (χ1) is 15.3. The summed E-state index contributed by atoms with van der Waals surface area (Å²) < 4.78 is 13.3. The van der Waals surface area contributed by atoms with E-state index in [2.05, 4.69) is 10.6 Å². The van der Waals surface area contributed by atoms with Gasteiger partial charge in [0.2, 0.25) is 11.8 Å². The van der Waals surface area contributed by atoms with Crippen LogP contribution < -0.4 is 10.6 Å². The summed E-state index contributed by atoms with van der Waals surface area (Å²) >= 11 is 0. The molecule has 2 saturated heterocycles. The first-order valence-electron chi connectivity index (χ1n) is 10.8. The SMILES string of the molecule is Cc1cccc(NC(=O)CN2C(=O)N(Cc3ccc(F)cc3)C(=O)C3NCCCC32)c1C. The van der Waals surface area contributed by atoms with E-state index in [0.717, 1.165) is 22.4 Å². The van der Waals surface area contributed by atoms with Crippen molar-refractivity contribution in [2.75, 3.05) is 18.4 Å². The number of amides is 4. The zero-order chi connectivity index (χ0) is 22.8. The molecule has 0 aromatic heterocycles. The lowest BCUT2D eigenvalue weighted by molar-refractivity contribution is -0.138. The molecule has 2 aliphatic heterocycles. The van der Waals surface area contributed by atoms with E-state index >= 15 is 0 Å². The predicted molar refractivity (Wildman–Crippen MR) is 118 cm³/mol. The van der Waals surface area contributed by atoms with Crippen LogP contribution in [0.2, 0.25) is 0 Å². The Balaban J connectivity index is 1.55. The fourth-order valence-corrected chi connectivity index (χ4v) is 4.35. The van der Waals surface area contributed by atoms with E-state index in [1.807, 2.05) is 32.0 Å². The maximum atomic E-state index is 13.3. The van der Waals surface area contributed by atoms with Crippen molar-refractivity contribution in [3.63, 3.8) is 0 Å². The number of nitrogens with one attached hydrogen (secondary N) is 2. The second-order valence-corrected chi connectivity index (χ2v) is 8.40. The van der Waals surface area contributed by atoms with Crippen LogP contribution in [0.3, 0.4) is 0 Å². The topological polar surface area (TPSA) is 81.8 Å². The van der Waals surface area contributed by atoms with Crippen molar-refractivity contribution >= 4 is 23.5 Å². The van der Waals surface area contributed by atoms with Gasteiger partial charge in [-0.1, -0.05) is 24.3 Å². The number of hydrogen-bond acceptors (Lipinski definition) is 4. The number of carbonyl (C=O) groups excluding carboxylic acids is 3. The maximum Gasteiger partial charge on any atom is 0.327 e. The lowest BCUT2D eigenvalue weighted by atomic mass is 9.93. The summed E-state index contributed by atoms with van der Waals surface area (Å²) in [5.74, 6) is -1.01. The molecule has 2 unspecified atom stereocenters. The molecule has 0 saturated carbocycles. The van der Waals surface area contributed by atoms with Crippen LogP contribution >= 0.6 is 0 Å². The number of anilines is 1. The summed E-state index contributed by atoms with van der Waals surface area (Å²) in [6.45, 7) is 4.45. The monoisotopic (exact) mass is 438 g/mol. The molecule has 2 atom stereocenters. The molecule has 32 heavy (non-hydrogen) atoms. The average molecular weight is 439 g/mol. The molecule has 168 valence electrons. The molecule has 0 aliphatic carbocycles. The van der Waals surface area contributed by atoms with E-state index in [-0.39, 0.29) is 36.8 Å². The fourth-order valence-electron chi connectivity index (χ4n) is 4.35. The van der Waals surface area contributed by atoms with Gasteiger partial charge in [0.25, 0.3) is 0 Å². The molecule has 2 heterocycles. The molecular formula is C24H27FN4O3. The van der Waals surface area contributed by atoms with Crippen molar-refractivity contribution in [1.29, 1.82) is 0 Å². The summed E-state index contributed by atoms with van der Waals surface area (Å²) in [5, 5.41) is 6.11. The van der Waals surface area contributed by atoms with Gasteiger partial charge in [-0.3, -0.25) is 14.5 Å². The van der Waals surface area contributed by atoms with E-state index in [0.29, 0.717) is 24.2 Å². The number of urea groups is 1. The molecule has 2 fully saturated rings. The van der Waals surface area contributed by atoms with Crippen LogP contribution in [0.15, 0.2) is 42.5 Å². The molecule has 2 aromatic carbocycles.